The first-order valence-corrected chi connectivity index (χ1v) is 9.64. The van der Waals surface area contributed by atoms with Gasteiger partial charge in [0.1, 0.15) is 5.76 Å². The maximum Gasteiger partial charge on any atom is 0.323 e. The van der Waals surface area contributed by atoms with Crippen molar-refractivity contribution in [3.63, 3.8) is 0 Å². The molecule has 0 aliphatic carbocycles. The molecule has 0 amide bonds. The summed E-state index contributed by atoms with van der Waals surface area (Å²) in [7, 11) is 1.76. The highest BCUT2D eigenvalue weighted by Gasteiger charge is 2.19. The summed E-state index contributed by atoms with van der Waals surface area (Å²) >= 11 is 0. The van der Waals surface area contributed by atoms with Crippen LogP contribution in [0.3, 0.4) is 0 Å². The van der Waals surface area contributed by atoms with Gasteiger partial charge in [0.15, 0.2) is 0 Å². The average molecular weight is 400 g/mol. The van der Waals surface area contributed by atoms with Gasteiger partial charge in [0, 0.05) is 29.6 Å². The number of aromatic amines is 2. The third kappa shape index (κ3) is 2.55. The van der Waals surface area contributed by atoms with Crippen molar-refractivity contribution in [1.29, 1.82) is 0 Å². The molecular formula is C23H20N4O3. The van der Waals surface area contributed by atoms with Crippen LogP contribution < -0.4 is 11.2 Å². The molecule has 0 saturated heterocycles. The van der Waals surface area contributed by atoms with E-state index >= 15 is 0 Å². The van der Waals surface area contributed by atoms with E-state index in [2.05, 4.69) is 15.1 Å². The van der Waals surface area contributed by atoms with E-state index in [1.165, 1.54) is 0 Å². The lowest BCUT2D eigenvalue weighted by Gasteiger charge is -2.15. The van der Waals surface area contributed by atoms with Crippen molar-refractivity contribution in [2.45, 2.75) is 20.8 Å². The predicted octanol–water partition coefficient (Wildman–Crippen LogP) is 3.96. The molecule has 0 fully saturated rings. The number of benzene rings is 2. The fourth-order valence-corrected chi connectivity index (χ4v) is 4.30. The van der Waals surface area contributed by atoms with Gasteiger partial charge in [0.2, 0.25) is 0 Å². The van der Waals surface area contributed by atoms with E-state index in [-0.39, 0.29) is 11.2 Å². The van der Waals surface area contributed by atoms with Crippen LogP contribution >= 0.6 is 0 Å². The Morgan fingerprint density at radius 2 is 1.77 bits per heavy atom. The van der Waals surface area contributed by atoms with Gasteiger partial charge in [-0.25, -0.2) is 4.79 Å². The normalized spacial score (nSPS) is 11.6. The Morgan fingerprint density at radius 3 is 2.50 bits per heavy atom. The molecular weight excluding hydrogens is 380 g/mol. The minimum absolute atomic E-state index is 0.0676. The van der Waals surface area contributed by atoms with Crippen molar-refractivity contribution in [3.8, 4) is 22.3 Å². The molecule has 0 spiro atoms. The first-order chi connectivity index (χ1) is 14.3. The van der Waals surface area contributed by atoms with Gasteiger partial charge in [-0.15, -0.1) is 0 Å². The van der Waals surface area contributed by atoms with E-state index in [9.17, 15) is 9.59 Å². The summed E-state index contributed by atoms with van der Waals surface area (Å²) < 4.78 is 7.00. The zero-order chi connectivity index (χ0) is 21.2. The van der Waals surface area contributed by atoms with Gasteiger partial charge >= 0.3 is 5.69 Å². The maximum atomic E-state index is 12.2. The van der Waals surface area contributed by atoms with Gasteiger partial charge in [-0.1, -0.05) is 11.2 Å². The largest absolute Gasteiger partial charge is 0.361 e. The molecule has 150 valence electrons. The van der Waals surface area contributed by atoms with Crippen molar-refractivity contribution < 1.29 is 4.52 Å². The summed E-state index contributed by atoms with van der Waals surface area (Å²) in [5.74, 6) is 0.715. The molecule has 7 nitrogen and oxygen atoms in total. The Labute approximate surface area is 171 Å². The van der Waals surface area contributed by atoms with Crippen LogP contribution in [0.1, 0.15) is 17.0 Å². The number of fused-ring (bicyclic) bond motifs is 2. The molecule has 0 aliphatic rings. The lowest BCUT2D eigenvalue weighted by molar-refractivity contribution is 0.393. The van der Waals surface area contributed by atoms with E-state index in [1.807, 2.05) is 51.1 Å². The van der Waals surface area contributed by atoms with Crippen LogP contribution in [0.5, 0.6) is 0 Å². The van der Waals surface area contributed by atoms with Crippen LogP contribution in [-0.2, 0) is 7.05 Å². The molecule has 2 aromatic carbocycles. The van der Waals surface area contributed by atoms with E-state index < -0.39 is 0 Å². The minimum atomic E-state index is -0.271. The zero-order valence-electron chi connectivity index (χ0n) is 17.1. The summed E-state index contributed by atoms with van der Waals surface area (Å²) in [6, 6.07) is 11.3. The number of pyridine rings is 1. The van der Waals surface area contributed by atoms with Crippen LogP contribution in [0.2, 0.25) is 0 Å². The van der Waals surface area contributed by atoms with Crippen LogP contribution in [0.15, 0.2) is 50.5 Å². The van der Waals surface area contributed by atoms with Crippen LogP contribution in [0.4, 0.5) is 0 Å². The summed E-state index contributed by atoms with van der Waals surface area (Å²) in [5, 5.41) is 5.02. The Morgan fingerprint density at radius 1 is 0.967 bits per heavy atom. The number of nitrogens with one attached hydrogen (secondary N) is 2. The van der Waals surface area contributed by atoms with Crippen molar-refractivity contribution in [2.24, 2.45) is 7.05 Å². The lowest BCUT2D eigenvalue weighted by Crippen LogP contribution is -2.15. The molecule has 0 aliphatic heterocycles. The highest BCUT2D eigenvalue weighted by molar-refractivity contribution is 6.05. The minimum Gasteiger partial charge on any atom is -0.361 e. The fourth-order valence-electron chi connectivity index (χ4n) is 4.30. The standard InChI is InChI=1S/C23H20N4O3/c1-11-5-7-18-15(6-8-19(28)27(18)4)20(11)16-9-14(21-12(2)26-30-13(21)3)10-17-22(16)25-23(29)24-17/h5-10H,1-4H3,(H2,24,25,29). The number of rotatable bonds is 2. The van der Waals surface area contributed by atoms with Crippen molar-refractivity contribution in [3.05, 3.63) is 74.3 Å². The number of hydrogen-bond acceptors (Lipinski definition) is 4. The maximum absolute atomic E-state index is 12.2. The topological polar surface area (TPSA) is 96.7 Å². The Hall–Kier alpha value is -3.87. The molecule has 0 unspecified atom stereocenters. The van der Waals surface area contributed by atoms with Crippen LogP contribution in [0, 0.1) is 20.8 Å². The first-order valence-electron chi connectivity index (χ1n) is 9.64. The molecule has 0 atom stereocenters. The molecule has 0 radical (unpaired) electrons. The van der Waals surface area contributed by atoms with Gasteiger partial charge in [-0.05, 0) is 61.7 Å². The smallest absolute Gasteiger partial charge is 0.323 e. The molecule has 30 heavy (non-hydrogen) atoms. The molecule has 7 heteroatoms. The van der Waals surface area contributed by atoms with Gasteiger partial charge in [-0.2, -0.15) is 0 Å². The second-order valence-electron chi connectivity index (χ2n) is 7.65. The lowest BCUT2D eigenvalue weighted by atomic mass is 9.91. The van der Waals surface area contributed by atoms with E-state index in [0.717, 1.165) is 49.9 Å². The average Bonchev–Trinajstić information content (AvgIpc) is 3.25. The third-order valence-electron chi connectivity index (χ3n) is 5.73. The molecule has 0 bridgehead atoms. The SMILES string of the molecule is Cc1ccc2c(ccc(=O)n2C)c1-c1cc(-c2c(C)noc2C)cc2[nH]c(=O)[nH]c12. The summed E-state index contributed by atoms with van der Waals surface area (Å²) in [6.45, 7) is 5.80. The molecule has 5 aromatic rings. The Bertz CT molecular complexity index is 1560. The van der Waals surface area contributed by atoms with Gasteiger partial charge < -0.3 is 19.1 Å². The zero-order valence-corrected chi connectivity index (χ0v) is 17.1. The fraction of sp³-hybridized carbons (Fsp3) is 0.174. The van der Waals surface area contributed by atoms with Crippen LogP contribution in [-0.4, -0.2) is 19.7 Å². The van der Waals surface area contributed by atoms with E-state index in [4.69, 9.17) is 4.52 Å². The van der Waals surface area contributed by atoms with Crippen molar-refractivity contribution >= 4 is 21.9 Å². The summed E-state index contributed by atoms with van der Waals surface area (Å²) in [6.07, 6.45) is 0. The molecule has 3 aromatic heterocycles. The second-order valence-corrected chi connectivity index (χ2v) is 7.65. The van der Waals surface area contributed by atoms with Crippen molar-refractivity contribution in [2.75, 3.05) is 0 Å². The number of aromatic nitrogens is 4. The highest BCUT2D eigenvalue weighted by Crippen LogP contribution is 2.38. The van der Waals surface area contributed by atoms with Gasteiger partial charge in [0.05, 0.1) is 22.2 Å². The quantitative estimate of drug-likeness (QED) is 0.469. The predicted molar refractivity (Wildman–Crippen MR) is 117 cm³/mol. The molecule has 2 N–H and O–H groups in total. The van der Waals surface area contributed by atoms with E-state index in [0.29, 0.717) is 11.3 Å². The molecule has 3 heterocycles. The van der Waals surface area contributed by atoms with Gasteiger partial charge in [-0.3, -0.25) is 4.79 Å². The number of imidazole rings is 1. The third-order valence-corrected chi connectivity index (χ3v) is 5.73. The van der Waals surface area contributed by atoms with Crippen molar-refractivity contribution in [1.82, 2.24) is 19.7 Å². The Kier molecular flexibility index (Phi) is 3.83. The van der Waals surface area contributed by atoms with Crippen LogP contribution in [0.25, 0.3) is 44.2 Å². The number of nitrogens with zero attached hydrogens (tertiary/aromatic N) is 2. The molecule has 0 saturated carbocycles. The number of H-pyrrole nitrogens is 2. The van der Waals surface area contributed by atoms with Gasteiger partial charge in [0.25, 0.3) is 5.56 Å². The Balaban J connectivity index is 1.95. The highest BCUT2D eigenvalue weighted by atomic mass is 16.5. The monoisotopic (exact) mass is 400 g/mol. The second kappa shape index (κ2) is 6.32. The number of hydrogen-bond donors (Lipinski definition) is 2. The summed E-state index contributed by atoms with van der Waals surface area (Å²) in [5.41, 5.74) is 7.41. The number of aryl methyl sites for hydroxylation is 4. The molecule has 5 rings (SSSR count). The van der Waals surface area contributed by atoms with E-state index in [1.54, 1.807) is 17.7 Å². The first kappa shape index (κ1) is 18.2. The summed E-state index contributed by atoms with van der Waals surface area (Å²) in [4.78, 5) is 30.1.